The molecule has 0 spiro atoms. The third-order valence-electron chi connectivity index (χ3n) is 4.05. The summed E-state index contributed by atoms with van der Waals surface area (Å²) >= 11 is 0. The normalized spacial score (nSPS) is 35.4. The predicted octanol–water partition coefficient (Wildman–Crippen LogP) is 0.658. The zero-order valence-electron chi connectivity index (χ0n) is 10.3. The Morgan fingerprint density at radius 1 is 1.06 bits per heavy atom. The minimum atomic E-state index is -2.78. The van der Waals surface area contributed by atoms with Gasteiger partial charge in [0.2, 0.25) is 0 Å². The first-order valence-electron chi connectivity index (χ1n) is 6.68. The van der Waals surface area contributed by atoms with E-state index in [0.29, 0.717) is 19.0 Å². The molecule has 0 aromatic heterocycles. The standard InChI is InChI=1S/C12H23NO3S/c14-12-5-3-1-2-4-11(12)10-13-6-8-17(15,16)9-7-13/h11-12,14H,1-10H2. The Morgan fingerprint density at radius 2 is 1.71 bits per heavy atom. The van der Waals surface area contributed by atoms with Crippen molar-refractivity contribution in [1.29, 1.82) is 0 Å². The van der Waals surface area contributed by atoms with Crippen molar-refractivity contribution < 1.29 is 13.5 Å². The maximum Gasteiger partial charge on any atom is 0.152 e. The molecule has 1 saturated heterocycles. The molecule has 5 heteroatoms. The Bertz CT molecular complexity index is 328. The van der Waals surface area contributed by atoms with Gasteiger partial charge in [0.25, 0.3) is 0 Å². The number of nitrogens with zero attached hydrogens (tertiary/aromatic N) is 1. The summed E-state index contributed by atoms with van der Waals surface area (Å²) in [5.41, 5.74) is 0. The zero-order valence-corrected chi connectivity index (χ0v) is 11.2. The molecule has 0 bridgehead atoms. The maximum absolute atomic E-state index is 11.3. The van der Waals surface area contributed by atoms with Crippen molar-refractivity contribution in [2.75, 3.05) is 31.1 Å². The molecule has 2 fully saturated rings. The fraction of sp³-hybridized carbons (Fsp3) is 1.00. The van der Waals surface area contributed by atoms with Crippen LogP contribution in [0.4, 0.5) is 0 Å². The van der Waals surface area contributed by atoms with E-state index in [1.54, 1.807) is 0 Å². The van der Waals surface area contributed by atoms with Gasteiger partial charge in [-0.3, -0.25) is 0 Å². The average molecular weight is 261 g/mol. The van der Waals surface area contributed by atoms with E-state index < -0.39 is 9.84 Å². The van der Waals surface area contributed by atoms with Crippen molar-refractivity contribution in [3.05, 3.63) is 0 Å². The Morgan fingerprint density at radius 3 is 2.41 bits per heavy atom. The van der Waals surface area contributed by atoms with Gasteiger partial charge in [-0.05, 0) is 18.8 Å². The van der Waals surface area contributed by atoms with E-state index in [1.165, 1.54) is 12.8 Å². The molecule has 2 unspecified atom stereocenters. The quantitative estimate of drug-likeness (QED) is 0.742. The third-order valence-corrected chi connectivity index (χ3v) is 5.66. The molecule has 1 N–H and O–H groups in total. The Labute approximate surface area is 104 Å². The molecule has 4 nitrogen and oxygen atoms in total. The van der Waals surface area contributed by atoms with E-state index in [1.807, 2.05) is 0 Å². The van der Waals surface area contributed by atoms with Crippen molar-refractivity contribution in [3.63, 3.8) is 0 Å². The SMILES string of the molecule is O=S1(=O)CCN(CC2CCCCCC2O)CC1. The van der Waals surface area contributed by atoms with Gasteiger partial charge in [-0.1, -0.05) is 19.3 Å². The second-order valence-corrected chi connectivity index (χ2v) is 7.72. The largest absolute Gasteiger partial charge is 0.393 e. The van der Waals surface area contributed by atoms with Crippen molar-refractivity contribution in [1.82, 2.24) is 4.90 Å². The molecule has 17 heavy (non-hydrogen) atoms. The fourth-order valence-corrected chi connectivity index (χ4v) is 4.12. The van der Waals surface area contributed by atoms with Gasteiger partial charge < -0.3 is 10.0 Å². The van der Waals surface area contributed by atoms with E-state index in [2.05, 4.69) is 4.90 Å². The van der Waals surface area contributed by atoms with E-state index in [0.717, 1.165) is 25.8 Å². The van der Waals surface area contributed by atoms with Crippen LogP contribution in [0.1, 0.15) is 32.1 Å². The fourth-order valence-electron chi connectivity index (χ4n) is 2.84. The summed E-state index contributed by atoms with van der Waals surface area (Å²) in [5, 5.41) is 10.0. The van der Waals surface area contributed by atoms with Crippen LogP contribution >= 0.6 is 0 Å². The van der Waals surface area contributed by atoms with E-state index in [4.69, 9.17) is 0 Å². The Balaban J connectivity index is 1.84. The van der Waals surface area contributed by atoms with Crippen LogP contribution in [-0.2, 0) is 9.84 Å². The molecule has 1 aliphatic heterocycles. The lowest BCUT2D eigenvalue weighted by Crippen LogP contribution is -2.44. The summed E-state index contributed by atoms with van der Waals surface area (Å²) in [7, 11) is -2.78. The summed E-state index contributed by atoms with van der Waals surface area (Å²) < 4.78 is 22.7. The monoisotopic (exact) mass is 261 g/mol. The van der Waals surface area contributed by atoms with Crippen molar-refractivity contribution in [3.8, 4) is 0 Å². The van der Waals surface area contributed by atoms with Crippen molar-refractivity contribution >= 4 is 9.84 Å². The number of hydrogen-bond acceptors (Lipinski definition) is 4. The van der Waals surface area contributed by atoms with Crippen LogP contribution in [0.2, 0.25) is 0 Å². The van der Waals surface area contributed by atoms with Crippen LogP contribution in [0.15, 0.2) is 0 Å². The topological polar surface area (TPSA) is 57.6 Å². The molecule has 2 aliphatic rings. The molecule has 1 heterocycles. The molecule has 0 aromatic rings. The molecular formula is C12H23NO3S. The summed E-state index contributed by atoms with van der Waals surface area (Å²) in [6.45, 7) is 2.16. The molecule has 0 aromatic carbocycles. The van der Waals surface area contributed by atoms with Gasteiger partial charge in [0.15, 0.2) is 9.84 Å². The van der Waals surface area contributed by atoms with Crippen LogP contribution in [0.5, 0.6) is 0 Å². The highest BCUT2D eigenvalue weighted by atomic mass is 32.2. The van der Waals surface area contributed by atoms with E-state index in [9.17, 15) is 13.5 Å². The second-order valence-electron chi connectivity index (χ2n) is 5.42. The minimum absolute atomic E-state index is 0.184. The molecule has 100 valence electrons. The average Bonchev–Trinajstić information content (AvgIpc) is 2.47. The highest BCUT2D eigenvalue weighted by Gasteiger charge is 2.27. The summed E-state index contributed by atoms with van der Waals surface area (Å²) in [6, 6.07) is 0. The van der Waals surface area contributed by atoms with Crippen LogP contribution in [0.3, 0.4) is 0 Å². The molecular weight excluding hydrogens is 238 g/mol. The van der Waals surface area contributed by atoms with Crippen LogP contribution < -0.4 is 0 Å². The van der Waals surface area contributed by atoms with Gasteiger partial charge >= 0.3 is 0 Å². The van der Waals surface area contributed by atoms with E-state index >= 15 is 0 Å². The van der Waals surface area contributed by atoms with Crippen LogP contribution in [0.25, 0.3) is 0 Å². The van der Waals surface area contributed by atoms with Crippen molar-refractivity contribution in [2.24, 2.45) is 5.92 Å². The number of aliphatic hydroxyl groups is 1. The number of hydrogen-bond donors (Lipinski definition) is 1. The van der Waals surface area contributed by atoms with Crippen LogP contribution in [0, 0.1) is 5.92 Å². The second kappa shape index (κ2) is 5.67. The maximum atomic E-state index is 11.3. The van der Waals surface area contributed by atoms with E-state index in [-0.39, 0.29) is 17.6 Å². The van der Waals surface area contributed by atoms with Gasteiger partial charge in [-0.2, -0.15) is 0 Å². The lowest BCUT2D eigenvalue weighted by atomic mass is 9.96. The lowest BCUT2D eigenvalue weighted by molar-refractivity contribution is 0.0755. The van der Waals surface area contributed by atoms with Crippen LogP contribution in [-0.4, -0.2) is 55.7 Å². The first kappa shape index (κ1) is 13.3. The molecule has 0 radical (unpaired) electrons. The molecule has 1 saturated carbocycles. The first-order valence-corrected chi connectivity index (χ1v) is 8.50. The predicted molar refractivity (Wildman–Crippen MR) is 67.7 cm³/mol. The van der Waals surface area contributed by atoms with Crippen molar-refractivity contribution in [2.45, 2.75) is 38.2 Å². The van der Waals surface area contributed by atoms with Gasteiger partial charge in [0.05, 0.1) is 17.6 Å². The smallest absolute Gasteiger partial charge is 0.152 e. The Kier molecular flexibility index (Phi) is 4.44. The molecule has 1 aliphatic carbocycles. The minimum Gasteiger partial charge on any atom is -0.393 e. The number of aliphatic hydroxyl groups excluding tert-OH is 1. The number of sulfone groups is 1. The Hall–Kier alpha value is -0.130. The van der Waals surface area contributed by atoms with Gasteiger partial charge in [-0.25, -0.2) is 8.42 Å². The summed E-state index contributed by atoms with van der Waals surface area (Å²) in [6.07, 6.45) is 5.37. The van der Waals surface area contributed by atoms with Gasteiger partial charge in [0, 0.05) is 19.6 Å². The third kappa shape index (κ3) is 3.93. The molecule has 2 atom stereocenters. The highest BCUT2D eigenvalue weighted by molar-refractivity contribution is 7.91. The summed E-state index contributed by atoms with van der Waals surface area (Å²) in [4.78, 5) is 2.21. The van der Waals surface area contributed by atoms with Gasteiger partial charge in [-0.15, -0.1) is 0 Å². The lowest BCUT2D eigenvalue weighted by Gasteiger charge is -2.31. The highest BCUT2D eigenvalue weighted by Crippen LogP contribution is 2.24. The summed E-state index contributed by atoms with van der Waals surface area (Å²) in [5.74, 6) is 0.921. The zero-order chi connectivity index (χ0) is 12.3. The molecule has 2 rings (SSSR count). The number of rotatable bonds is 2. The molecule has 0 amide bonds. The van der Waals surface area contributed by atoms with Gasteiger partial charge in [0.1, 0.15) is 0 Å². The first-order chi connectivity index (χ1) is 8.07.